The topological polar surface area (TPSA) is 130 Å². The monoisotopic (exact) mass is 644 g/mol. The van der Waals surface area contributed by atoms with Gasteiger partial charge in [0.05, 0.1) is 18.2 Å². The van der Waals surface area contributed by atoms with Crippen molar-refractivity contribution in [2.45, 2.75) is 98.0 Å². The Bertz CT molecular complexity index is 1680. The molecule has 0 spiro atoms. The molecule has 0 saturated carbocycles. The van der Waals surface area contributed by atoms with Gasteiger partial charge in [0.2, 0.25) is 5.78 Å². The van der Waals surface area contributed by atoms with Crippen LogP contribution < -0.4 is 4.74 Å². The van der Waals surface area contributed by atoms with E-state index in [4.69, 9.17) is 9.47 Å². The lowest BCUT2D eigenvalue weighted by Gasteiger charge is -2.56. The van der Waals surface area contributed by atoms with E-state index in [0.717, 1.165) is 68.4 Å². The highest BCUT2D eigenvalue weighted by Crippen LogP contribution is 2.63. The van der Waals surface area contributed by atoms with Gasteiger partial charge >= 0.3 is 0 Å². The van der Waals surface area contributed by atoms with Gasteiger partial charge in [0, 0.05) is 35.2 Å². The zero-order valence-corrected chi connectivity index (χ0v) is 28.5. The summed E-state index contributed by atoms with van der Waals surface area (Å²) in [5, 5.41) is 34.8. The molecular formula is C39H48O8. The Morgan fingerprint density at radius 3 is 2.36 bits per heavy atom. The quantitative estimate of drug-likeness (QED) is 0.164. The third-order valence-electron chi connectivity index (χ3n) is 10.6. The fraction of sp³-hybridized carbons (Fsp3) is 0.513. The lowest BCUT2D eigenvalue weighted by atomic mass is 9.48. The number of phenols is 1. The lowest BCUT2D eigenvalue weighted by molar-refractivity contribution is -0.157. The minimum Gasteiger partial charge on any atom is -0.508 e. The molecule has 0 saturated heterocycles. The Morgan fingerprint density at radius 1 is 0.957 bits per heavy atom. The van der Waals surface area contributed by atoms with Gasteiger partial charge in [0.25, 0.3) is 0 Å². The highest BCUT2D eigenvalue weighted by molar-refractivity contribution is 6.25. The molecule has 0 unspecified atom stereocenters. The first kappa shape index (κ1) is 34.6. The Hall–Kier alpha value is -3.75. The molecule has 2 aromatic carbocycles. The minimum atomic E-state index is -2.44. The standard InChI is InChI=1S/C39H48O8/c1-7-8-17-47-18-11-9-10-12-25-13-16-30(46-6)27(19-25)26-14-15-29(41)32-28(26)21-37(4)22-38(5)20-23(2)31(24(3)40)35(43)39(38,45)36(44)33(37)34(32)42/h13-16,19,41,44-45H,7-12,17-18,20-22H2,1-6H3/t37-,38+,39+/m1/s1. The molecule has 3 aliphatic carbocycles. The first-order valence-electron chi connectivity index (χ1n) is 16.8. The number of fused-ring (bicyclic) bond motifs is 3. The van der Waals surface area contributed by atoms with Crippen molar-refractivity contribution in [1.29, 1.82) is 0 Å². The number of ether oxygens (including phenoxy) is 2. The third-order valence-corrected chi connectivity index (χ3v) is 10.6. The van der Waals surface area contributed by atoms with Crippen LogP contribution in [-0.4, -0.2) is 58.6 Å². The van der Waals surface area contributed by atoms with Gasteiger partial charge in [0.15, 0.2) is 17.2 Å². The highest BCUT2D eigenvalue weighted by atomic mass is 16.5. The van der Waals surface area contributed by atoms with E-state index in [-0.39, 0.29) is 41.7 Å². The summed E-state index contributed by atoms with van der Waals surface area (Å²) in [6.45, 7) is 10.3. The molecule has 0 aromatic heterocycles. The summed E-state index contributed by atoms with van der Waals surface area (Å²) >= 11 is 0. The number of aliphatic hydroxyl groups excluding tert-OH is 1. The second-order valence-corrected chi connectivity index (χ2v) is 14.3. The van der Waals surface area contributed by atoms with Crippen molar-refractivity contribution >= 4 is 17.3 Å². The van der Waals surface area contributed by atoms with Crippen molar-refractivity contribution in [3.8, 4) is 22.6 Å². The Balaban J connectivity index is 1.53. The van der Waals surface area contributed by atoms with Gasteiger partial charge in [-0.15, -0.1) is 0 Å². The molecule has 0 aliphatic heterocycles. The van der Waals surface area contributed by atoms with E-state index in [1.54, 1.807) is 27.0 Å². The molecule has 0 fully saturated rings. The van der Waals surface area contributed by atoms with E-state index in [0.29, 0.717) is 16.9 Å². The van der Waals surface area contributed by atoms with Gasteiger partial charge in [-0.3, -0.25) is 14.4 Å². The third kappa shape index (κ3) is 5.73. The van der Waals surface area contributed by atoms with E-state index in [1.807, 2.05) is 19.1 Å². The molecular weight excluding hydrogens is 596 g/mol. The molecule has 2 aromatic rings. The number of ketones is 3. The molecule has 47 heavy (non-hydrogen) atoms. The normalized spacial score (nSPS) is 25.4. The van der Waals surface area contributed by atoms with E-state index >= 15 is 0 Å². The molecule has 0 heterocycles. The van der Waals surface area contributed by atoms with Crippen LogP contribution in [0.2, 0.25) is 0 Å². The second-order valence-electron chi connectivity index (χ2n) is 14.3. The van der Waals surface area contributed by atoms with E-state index in [2.05, 4.69) is 13.0 Å². The molecule has 8 nitrogen and oxygen atoms in total. The van der Waals surface area contributed by atoms with Gasteiger partial charge < -0.3 is 24.8 Å². The zero-order chi connectivity index (χ0) is 34.3. The van der Waals surface area contributed by atoms with Crippen LogP contribution in [0.3, 0.4) is 0 Å². The van der Waals surface area contributed by atoms with E-state index in [9.17, 15) is 29.7 Å². The summed E-state index contributed by atoms with van der Waals surface area (Å²) in [5.41, 5.74) is -0.937. The Labute approximate surface area is 277 Å². The fourth-order valence-electron chi connectivity index (χ4n) is 8.46. The molecule has 0 amide bonds. The van der Waals surface area contributed by atoms with Crippen molar-refractivity contribution < 1.29 is 39.2 Å². The number of Topliss-reactive ketones (excluding diaryl/α,β-unsaturated/α-hetero) is 3. The van der Waals surface area contributed by atoms with Crippen LogP contribution in [0.5, 0.6) is 11.5 Å². The fourth-order valence-corrected chi connectivity index (χ4v) is 8.46. The first-order valence-corrected chi connectivity index (χ1v) is 16.8. The number of phenolic OH excluding ortho intramolecular Hbond substituents is 1. The lowest BCUT2D eigenvalue weighted by Crippen LogP contribution is -2.63. The number of carbonyl (C=O) groups excluding carboxylic acids is 3. The smallest absolute Gasteiger partial charge is 0.206 e. The predicted octanol–water partition coefficient (Wildman–Crippen LogP) is 7.17. The minimum absolute atomic E-state index is 0.0334. The van der Waals surface area contributed by atoms with Gasteiger partial charge in [-0.2, -0.15) is 0 Å². The summed E-state index contributed by atoms with van der Waals surface area (Å²) in [6, 6.07) is 9.32. The number of hydrogen-bond acceptors (Lipinski definition) is 8. The number of aliphatic hydroxyl groups is 2. The summed E-state index contributed by atoms with van der Waals surface area (Å²) in [4.78, 5) is 40.6. The van der Waals surface area contributed by atoms with Gasteiger partial charge in [0.1, 0.15) is 17.3 Å². The second kappa shape index (κ2) is 13.0. The maximum atomic E-state index is 14.4. The average molecular weight is 645 g/mol. The number of unbranched alkanes of at least 4 members (excludes halogenated alkanes) is 3. The average Bonchev–Trinajstić information content (AvgIpc) is 3.00. The SMILES string of the molecule is CCCCOCCCCCc1ccc(OC)c(-c2ccc(O)c3c2C[C@]2(C)C[C@]4(C)CC(C)=C(C(C)=O)C(=O)[C@]4(O)C(O)=C2C3=O)c1. The number of benzene rings is 2. The number of aromatic hydroxyl groups is 1. The van der Waals surface area contributed by atoms with Crippen LogP contribution in [0.1, 0.15) is 101 Å². The molecule has 3 atom stereocenters. The zero-order valence-electron chi connectivity index (χ0n) is 28.5. The summed E-state index contributed by atoms with van der Waals surface area (Å²) in [6.07, 6.45) is 6.79. The van der Waals surface area contributed by atoms with Crippen LogP contribution in [-0.2, 0) is 27.2 Å². The summed E-state index contributed by atoms with van der Waals surface area (Å²) in [7, 11) is 1.60. The largest absolute Gasteiger partial charge is 0.508 e. The van der Waals surface area contributed by atoms with E-state index < -0.39 is 39.5 Å². The predicted molar refractivity (Wildman–Crippen MR) is 180 cm³/mol. The Morgan fingerprint density at radius 2 is 1.68 bits per heavy atom. The van der Waals surface area contributed by atoms with Crippen LogP contribution in [0.25, 0.3) is 11.1 Å². The van der Waals surface area contributed by atoms with Crippen LogP contribution >= 0.6 is 0 Å². The first-order chi connectivity index (χ1) is 22.2. The number of aryl methyl sites for hydroxylation is 1. The molecule has 0 bridgehead atoms. The number of hydrogen-bond donors (Lipinski definition) is 3. The van der Waals surface area contributed by atoms with Crippen molar-refractivity contribution in [2.24, 2.45) is 10.8 Å². The molecule has 5 rings (SSSR count). The van der Waals surface area contributed by atoms with Crippen molar-refractivity contribution in [3.63, 3.8) is 0 Å². The highest BCUT2D eigenvalue weighted by Gasteiger charge is 2.67. The van der Waals surface area contributed by atoms with E-state index in [1.165, 1.54) is 13.0 Å². The van der Waals surface area contributed by atoms with Crippen molar-refractivity contribution in [1.82, 2.24) is 0 Å². The van der Waals surface area contributed by atoms with Crippen LogP contribution in [0.4, 0.5) is 0 Å². The number of allylic oxidation sites excluding steroid dienone is 2. The molecule has 3 N–H and O–H groups in total. The van der Waals surface area contributed by atoms with Gasteiger partial charge in [-0.1, -0.05) is 51.3 Å². The van der Waals surface area contributed by atoms with Crippen molar-refractivity contribution in [3.05, 3.63) is 69.5 Å². The van der Waals surface area contributed by atoms with Crippen LogP contribution in [0.15, 0.2) is 52.8 Å². The van der Waals surface area contributed by atoms with Gasteiger partial charge in [-0.05, 0) is 93.7 Å². The Kier molecular flexibility index (Phi) is 9.59. The maximum absolute atomic E-state index is 14.4. The maximum Gasteiger partial charge on any atom is 0.206 e. The molecule has 3 aliphatic rings. The molecule has 0 radical (unpaired) electrons. The number of methoxy groups -OCH3 is 1. The summed E-state index contributed by atoms with van der Waals surface area (Å²) in [5.74, 6) is -2.35. The van der Waals surface area contributed by atoms with Crippen molar-refractivity contribution in [2.75, 3.05) is 20.3 Å². The molecule has 8 heteroatoms. The summed E-state index contributed by atoms with van der Waals surface area (Å²) < 4.78 is 11.5. The number of carbonyl (C=O) groups is 3. The number of rotatable bonds is 12. The van der Waals surface area contributed by atoms with Crippen LogP contribution in [0, 0.1) is 10.8 Å². The van der Waals surface area contributed by atoms with Gasteiger partial charge in [-0.25, -0.2) is 0 Å². The molecule has 252 valence electrons.